The van der Waals surface area contributed by atoms with E-state index in [-0.39, 0.29) is 29.2 Å². The number of nitrogens with zero attached hydrogens (tertiary/aromatic N) is 2. The summed E-state index contributed by atoms with van der Waals surface area (Å²) in [5.41, 5.74) is 0.804. The number of rotatable bonds is 6. The number of hydrogen-bond acceptors (Lipinski definition) is 5. The molecule has 3 rings (SSSR count). The zero-order valence-corrected chi connectivity index (χ0v) is 14.2. The number of aromatic amines is 1. The smallest absolute Gasteiger partial charge is 0.476 e. The number of carbonyl (C=O) groups is 1. The Morgan fingerprint density at radius 3 is 2.44 bits per heavy atom. The maximum absolute atomic E-state index is 12.2. The highest BCUT2D eigenvalue weighted by Crippen LogP contribution is 2.37. The first kappa shape index (κ1) is 19.0. The number of aromatic nitrogens is 3. The fourth-order valence-corrected chi connectivity index (χ4v) is 3.26. The van der Waals surface area contributed by atoms with Crippen LogP contribution in [0.5, 0.6) is 11.6 Å². The molecule has 1 fully saturated rings. The standard InChI is InChI=1S/C17H18F3N3O4/c18-17(19,20)27-13-7-5-12(6-8-13)11-3-1-10(2-4-11)9-26-15-14(16(24)25)21-23-22-15/h5-8,10-11H,1-4,9H2,(H,24,25)(H,21,22,23). The zero-order chi connectivity index (χ0) is 19.4. The van der Waals surface area contributed by atoms with Crippen LogP contribution in [0.4, 0.5) is 13.2 Å². The molecule has 1 saturated carbocycles. The van der Waals surface area contributed by atoms with Gasteiger partial charge in [-0.1, -0.05) is 22.4 Å². The Kier molecular flexibility index (Phi) is 5.52. The van der Waals surface area contributed by atoms with Gasteiger partial charge in [0.05, 0.1) is 6.61 Å². The summed E-state index contributed by atoms with van der Waals surface area (Å²) in [6.07, 6.45) is -1.21. The molecular formula is C17H18F3N3O4. The molecule has 0 radical (unpaired) electrons. The van der Waals surface area contributed by atoms with Crippen LogP contribution >= 0.6 is 0 Å². The van der Waals surface area contributed by atoms with Crippen LogP contribution in [0.15, 0.2) is 24.3 Å². The van der Waals surface area contributed by atoms with Gasteiger partial charge < -0.3 is 14.6 Å². The number of carboxylic acid groups (broad SMARTS) is 1. The topological polar surface area (TPSA) is 97.3 Å². The SMILES string of the molecule is O=C(O)c1[nH]nnc1OCC1CCC(c2ccc(OC(F)(F)F)cc2)CC1. The van der Waals surface area contributed by atoms with E-state index in [0.29, 0.717) is 6.61 Å². The molecule has 146 valence electrons. The Bertz CT molecular complexity index is 768. The zero-order valence-electron chi connectivity index (χ0n) is 14.2. The molecule has 2 N–H and O–H groups in total. The molecule has 0 atom stereocenters. The molecule has 10 heteroatoms. The Morgan fingerprint density at radius 2 is 1.85 bits per heavy atom. The van der Waals surface area contributed by atoms with E-state index in [0.717, 1.165) is 31.2 Å². The summed E-state index contributed by atoms with van der Waals surface area (Å²) in [4.78, 5) is 11.0. The molecule has 0 saturated heterocycles. The van der Waals surface area contributed by atoms with E-state index in [4.69, 9.17) is 9.84 Å². The van der Waals surface area contributed by atoms with Crippen LogP contribution in [0.2, 0.25) is 0 Å². The van der Waals surface area contributed by atoms with Crippen LogP contribution in [0.3, 0.4) is 0 Å². The molecule has 7 nitrogen and oxygen atoms in total. The molecule has 1 heterocycles. The van der Waals surface area contributed by atoms with Gasteiger partial charge in [-0.25, -0.2) is 9.89 Å². The first-order valence-electron chi connectivity index (χ1n) is 8.44. The van der Waals surface area contributed by atoms with Crippen molar-refractivity contribution in [1.29, 1.82) is 0 Å². The maximum atomic E-state index is 12.2. The Morgan fingerprint density at radius 1 is 1.19 bits per heavy atom. The molecule has 2 aromatic rings. The second-order valence-electron chi connectivity index (χ2n) is 6.44. The van der Waals surface area contributed by atoms with E-state index >= 15 is 0 Å². The lowest BCUT2D eigenvalue weighted by molar-refractivity contribution is -0.274. The van der Waals surface area contributed by atoms with Crippen molar-refractivity contribution in [3.8, 4) is 11.6 Å². The van der Waals surface area contributed by atoms with Gasteiger partial charge in [0.2, 0.25) is 5.69 Å². The van der Waals surface area contributed by atoms with E-state index in [9.17, 15) is 18.0 Å². The Balaban J connectivity index is 1.48. The number of benzene rings is 1. The number of nitrogens with one attached hydrogen (secondary N) is 1. The van der Waals surface area contributed by atoms with Crippen LogP contribution < -0.4 is 9.47 Å². The molecule has 0 aliphatic heterocycles. The third kappa shape index (κ3) is 5.11. The summed E-state index contributed by atoms with van der Waals surface area (Å²) in [6.45, 7) is 0.345. The highest BCUT2D eigenvalue weighted by molar-refractivity contribution is 5.87. The minimum absolute atomic E-state index is 0.0233. The quantitative estimate of drug-likeness (QED) is 0.786. The van der Waals surface area contributed by atoms with E-state index < -0.39 is 12.3 Å². The van der Waals surface area contributed by atoms with Crippen LogP contribution in [0, 0.1) is 5.92 Å². The van der Waals surface area contributed by atoms with Gasteiger partial charge in [-0.15, -0.1) is 13.2 Å². The third-order valence-corrected chi connectivity index (χ3v) is 4.62. The Labute approximate surface area is 152 Å². The minimum atomic E-state index is -4.69. The van der Waals surface area contributed by atoms with Crippen molar-refractivity contribution in [3.63, 3.8) is 0 Å². The molecule has 1 aromatic carbocycles. The van der Waals surface area contributed by atoms with Gasteiger partial charge in [0.25, 0.3) is 5.88 Å². The predicted molar refractivity (Wildman–Crippen MR) is 86.7 cm³/mol. The van der Waals surface area contributed by atoms with Crippen molar-refractivity contribution in [1.82, 2.24) is 15.4 Å². The molecule has 1 aromatic heterocycles. The Hall–Kier alpha value is -2.78. The summed E-state index contributed by atoms with van der Waals surface area (Å²) < 4.78 is 46.0. The first-order chi connectivity index (χ1) is 12.8. The molecule has 0 amide bonds. The van der Waals surface area contributed by atoms with Crippen molar-refractivity contribution in [3.05, 3.63) is 35.5 Å². The molecule has 1 aliphatic rings. The van der Waals surface area contributed by atoms with Crippen LogP contribution in [-0.2, 0) is 0 Å². The van der Waals surface area contributed by atoms with E-state index in [2.05, 4.69) is 20.1 Å². The third-order valence-electron chi connectivity index (χ3n) is 4.62. The summed E-state index contributed by atoms with van der Waals surface area (Å²) in [7, 11) is 0. The van der Waals surface area contributed by atoms with Crippen molar-refractivity contribution in [2.45, 2.75) is 38.0 Å². The largest absolute Gasteiger partial charge is 0.573 e. The van der Waals surface area contributed by atoms with Gasteiger partial charge >= 0.3 is 12.3 Å². The second-order valence-corrected chi connectivity index (χ2v) is 6.44. The first-order valence-corrected chi connectivity index (χ1v) is 8.44. The van der Waals surface area contributed by atoms with Crippen molar-refractivity contribution in [2.75, 3.05) is 6.61 Å². The molecule has 27 heavy (non-hydrogen) atoms. The lowest BCUT2D eigenvalue weighted by Gasteiger charge is -2.28. The van der Waals surface area contributed by atoms with E-state index in [1.807, 2.05) is 0 Å². The highest BCUT2D eigenvalue weighted by Gasteiger charge is 2.31. The number of aromatic carboxylic acids is 1. The fourth-order valence-electron chi connectivity index (χ4n) is 3.26. The number of ether oxygens (including phenoxy) is 2. The molecular weight excluding hydrogens is 367 g/mol. The second kappa shape index (κ2) is 7.85. The predicted octanol–water partition coefficient (Wildman–Crippen LogP) is 3.75. The molecule has 0 bridgehead atoms. The summed E-state index contributed by atoms with van der Waals surface area (Å²) in [5, 5.41) is 18.3. The average Bonchev–Trinajstić information content (AvgIpc) is 3.09. The van der Waals surface area contributed by atoms with Crippen LogP contribution in [0.1, 0.15) is 47.7 Å². The minimum Gasteiger partial charge on any atom is -0.476 e. The average molecular weight is 385 g/mol. The van der Waals surface area contributed by atoms with Crippen LogP contribution in [0.25, 0.3) is 0 Å². The maximum Gasteiger partial charge on any atom is 0.573 e. The summed E-state index contributed by atoms with van der Waals surface area (Å²) in [6, 6.07) is 5.99. The van der Waals surface area contributed by atoms with Gasteiger partial charge in [0.1, 0.15) is 5.75 Å². The van der Waals surface area contributed by atoms with Gasteiger partial charge in [-0.2, -0.15) is 0 Å². The molecule has 1 aliphatic carbocycles. The van der Waals surface area contributed by atoms with Crippen molar-refractivity contribution >= 4 is 5.97 Å². The number of alkyl halides is 3. The fraction of sp³-hybridized carbons (Fsp3) is 0.471. The van der Waals surface area contributed by atoms with Crippen molar-refractivity contribution in [2.24, 2.45) is 5.92 Å². The van der Waals surface area contributed by atoms with Gasteiger partial charge in [0.15, 0.2) is 0 Å². The van der Waals surface area contributed by atoms with Crippen molar-refractivity contribution < 1.29 is 32.5 Å². The lowest BCUT2D eigenvalue weighted by Crippen LogP contribution is -2.20. The van der Waals surface area contributed by atoms with Gasteiger partial charge in [-0.05, 0) is 55.2 Å². The van der Waals surface area contributed by atoms with E-state index in [1.54, 1.807) is 12.1 Å². The summed E-state index contributed by atoms with van der Waals surface area (Å²) >= 11 is 0. The molecule has 0 spiro atoms. The number of hydrogen-bond donors (Lipinski definition) is 2. The summed E-state index contributed by atoms with van der Waals surface area (Å²) in [5.74, 6) is -0.910. The van der Waals surface area contributed by atoms with Gasteiger partial charge in [0, 0.05) is 0 Å². The van der Waals surface area contributed by atoms with Crippen LogP contribution in [-0.4, -0.2) is 39.5 Å². The monoisotopic (exact) mass is 385 g/mol. The normalized spacial score (nSPS) is 20.3. The number of carboxylic acids is 1. The highest BCUT2D eigenvalue weighted by atomic mass is 19.4. The lowest BCUT2D eigenvalue weighted by atomic mass is 9.79. The number of halogens is 3. The molecule has 0 unspecified atom stereocenters. The number of H-pyrrole nitrogens is 1. The van der Waals surface area contributed by atoms with E-state index in [1.165, 1.54) is 12.1 Å². The van der Waals surface area contributed by atoms with Gasteiger partial charge in [-0.3, -0.25) is 0 Å².